The molecule has 0 unspecified atom stereocenters. The highest BCUT2D eigenvalue weighted by molar-refractivity contribution is 5.88. The van der Waals surface area contributed by atoms with Gasteiger partial charge in [0.2, 0.25) is 0 Å². The summed E-state index contributed by atoms with van der Waals surface area (Å²) < 4.78 is 0. The molecule has 0 rings (SSSR count). The van der Waals surface area contributed by atoms with Crippen LogP contribution in [0.5, 0.6) is 0 Å². The van der Waals surface area contributed by atoms with Gasteiger partial charge in [-0.25, -0.2) is 10.1 Å². The first kappa shape index (κ1) is 15.3. The molecular formula is C7H9NO7. The zero-order chi connectivity index (χ0) is 12.6. The average Bonchev–Trinajstić information content (AvgIpc) is 2.04. The first-order chi connectivity index (χ1) is 6.78. The maximum absolute atomic E-state index is 10.3. The van der Waals surface area contributed by atoms with Crippen molar-refractivity contribution in [1.29, 1.82) is 5.26 Å². The van der Waals surface area contributed by atoms with Crippen molar-refractivity contribution in [3.8, 4) is 6.57 Å². The van der Waals surface area contributed by atoms with Crippen LogP contribution in [0.15, 0.2) is 0 Å². The third-order valence-electron chi connectivity index (χ3n) is 1.29. The van der Waals surface area contributed by atoms with Crippen LogP contribution in [0.2, 0.25) is 0 Å². The van der Waals surface area contributed by atoms with Crippen molar-refractivity contribution in [2.75, 3.05) is 0 Å². The predicted molar refractivity (Wildman–Crippen MR) is 43.8 cm³/mol. The Morgan fingerprint density at radius 2 is 1.27 bits per heavy atom. The molecule has 8 nitrogen and oxygen atoms in total. The van der Waals surface area contributed by atoms with Gasteiger partial charge < -0.3 is 20.4 Å². The van der Waals surface area contributed by atoms with Gasteiger partial charge in [0.25, 0.3) is 0 Å². The number of rotatable bonds is 5. The van der Waals surface area contributed by atoms with E-state index in [9.17, 15) is 14.4 Å². The summed E-state index contributed by atoms with van der Waals surface area (Å²) in [4.78, 5) is 30.5. The summed E-state index contributed by atoms with van der Waals surface area (Å²) >= 11 is 0. The average molecular weight is 219 g/mol. The molecular weight excluding hydrogens is 210 g/mol. The van der Waals surface area contributed by atoms with Gasteiger partial charge in [0, 0.05) is 6.57 Å². The fraction of sp³-hybridized carbons (Fsp3) is 0.429. The number of carboxylic acids is 3. The molecule has 8 heteroatoms. The normalized spacial score (nSPS) is 9.53. The SMILES string of the molecule is C#N.O=C(O)CC(O)(CC(=O)O)C(=O)O. The molecule has 0 aromatic heterocycles. The number of hydrogen-bond acceptors (Lipinski definition) is 5. The Balaban J connectivity index is 0. The summed E-state index contributed by atoms with van der Waals surface area (Å²) in [5.41, 5.74) is -2.74. The lowest BCUT2D eigenvalue weighted by molar-refractivity contribution is -0.170. The van der Waals surface area contributed by atoms with Gasteiger partial charge in [0.05, 0.1) is 12.8 Å². The lowest BCUT2D eigenvalue weighted by Crippen LogP contribution is -2.42. The van der Waals surface area contributed by atoms with E-state index in [1.165, 1.54) is 0 Å². The van der Waals surface area contributed by atoms with Gasteiger partial charge >= 0.3 is 17.9 Å². The fourth-order valence-corrected chi connectivity index (χ4v) is 0.714. The molecule has 0 aliphatic carbocycles. The maximum Gasteiger partial charge on any atom is 0.336 e. The molecule has 0 saturated carbocycles. The van der Waals surface area contributed by atoms with Gasteiger partial charge in [-0.3, -0.25) is 9.59 Å². The summed E-state index contributed by atoms with van der Waals surface area (Å²) in [6.45, 7) is 3.50. The molecule has 0 fully saturated rings. The Morgan fingerprint density at radius 3 is 1.40 bits per heavy atom. The molecule has 0 bridgehead atoms. The van der Waals surface area contributed by atoms with Crippen molar-refractivity contribution in [2.45, 2.75) is 18.4 Å². The van der Waals surface area contributed by atoms with Gasteiger partial charge in [-0.2, -0.15) is 0 Å². The molecule has 0 aromatic carbocycles. The van der Waals surface area contributed by atoms with E-state index in [2.05, 4.69) is 6.57 Å². The van der Waals surface area contributed by atoms with Crippen molar-refractivity contribution >= 4 is 17.9 Å². The topological polar surface area (TPSA) is 156 Å². The minimum Gasteiger partial charge on any atom is -0.481 e. The Labute approximate surface area is 84.0 Å². The van der Waals surface area contributed by atoms with Crippen molar-refractivity contribution in [3.63, 3.8) is 0 Å². The van der Waals surface area contributed by atoms with E-state index in [4.69, 9.17) is 25.7 Å². The molecule has 0 aromatic rings. The highest BCUT2D eigenvalue weighted by Gasteiger charge is 2.40. The number of hydrogen-bond donors (Lipinski definition) is 4. The van der Waals surface area contributed by atoms with Gasteiger partial charge in [0.1, 0.15) is 0 Å². The molecule has 15 heavy (non-hydrogen) atoms. The first-order valence-electron chi connectivity index (χ1n) is 3.43. The fourth-order valence-electron chi connectivity index (χ4n) is 0.714. The number of aliphatic hydroxyl groups is 1. The number of carboxylic acid groups (broad SMARTS) is 3. The van der Waals surface area contributed by atoms with Crippen LogP contribution in [-0.2, 0) is 14.4 Å². The number of aliphatic carboxylic acids is 3. The van der Waals surface area contributed by atoms with Crippen LogP contribution in [0, 0.1) is 11.8 Å². The first-order valence-corrected chi connectivity index (χ1v) is 3.43. The second-order valence-corrected chi connectivity index (χ2v) is 2.48. The third kappa shape index (κ3) is 6.00. The second-order valence-electron chi connectivity index (χ2n) is 2.48. The Morgan fingerprint density at radius 1 is 1.00 bits per heavy atom. The van der Waals surface area contributed by atoms with Crippen LogP contribution in [0.4, 0.5) is 0 Å². The molecule has 0 amide bonds. The Bertz CT molecular complexity index is 266. The highest BCUT2D eigenvalue weighted by Crippen LogP contribution is 2.15. The van der Waals surface area contributed by atoms with E-state index in [0.29, 0.717) is 0 Å². The summed E-state index contributed by atoms with van der Waals surface area (Å²) in [5, 5.41) is 40.3. The second kappa shape index (κ2) is 6.33. The zero-order valence-corrected chi connectivity index (χ0v) is 7.45. The lowest BCUT2D eigenvalue weighted by Gasteiger charge is -2.18. The minimum absolute atomic E-state index is 1.14. The standard InChI is InChI=1S/C6H8O7.CHN/c7-3(8)1-6(13,5(11)12)2-4(9)10;1-2/h13H,1-2H2,(H,7,8)(H,9,10)(H,11,12);1H. The Kier molecular flexibility index (Phi) is 6.48. The molecule has 0 radical (unpaired) electrons. The summed E-state index contributed by atoms with van der Waals surface area (Å²) in [6.07, 6.45) is -2.29. The van der Waals surface area contributed by atoms with Crippen molar-refractivity contribution < 1.29 is 34.8 Å². The van der Waals surface area contributed by atoms with Crippen LogP contribution < -0.4 is 0 Å². The van der Waals surface area contributed by atoms with E-state index >= 15 is 0 Å². The summed E-state index contributed by atoms with van der Waals surface area (Å²) in [7, 11) is 0. The smallest absolute Gasteiger partial charge is 0.336 e. The number of nitriles is 1. The summed E-state index contributed by atoms with van der Waals surface area (Å²) in [6, 6.07) is 0. The molecule has 0 aliphatic heterocycles. The molecule has 84 valence electrons. The molecule has 0 heterocycles. The molecule has 0 aliphatic rings. The molecule has 4 N–H and O–H groups in total. The van der Waals surface area contributed by atoms with E-state index in [1.807, 2.05) is 0 Å². The van der Waals surface area contributed by atoms with Crippen LogP contribution >= 0.6 is 0 Å². The van der Waals surface area contributed by atoms with Gasteiger partial charge in [-0.05, 0) is 0 Å². The van der Waals surface area contributed by atoms with Gasteiger partial charge in [0.15, 0.2) is 5.60 Å². The minimum atomic E-state index is -2.74. The van der Waals surface area contributed by atoms with Crippen molar-refractivity contribution in [3.05, 3.63) is 0 Å². The highest BCUT2D eigenvalue weighted by atomic mass is 16.4. The van der Waals surface area contributed by atoms with Crippen molar-refractivity contribution in [1.82, 2.24) is 0 Å². The quantitative estimate of drug-likeness (QED) is 0.453. The maximum atomic E-state index is 10.3. The van der Waals surface area contributed by atoms with E-state index in [1.54, 1.807) is 0 Å². The predicted octanol–water partition coefficient (Wildman–Crippen LogP) is -1.11. The van der Waals surface area contributed by atoms with Crippen LogP contribution in [0.3, 0.4) is 0 Å². The summed E-state index contributed by atoms with van der Waals surface area (Å²) in [5.74, 6) is -5.02. The lowest BCUT2D eigenvalue weighted by atomic mass is 9.96. The Hall–Kier alpha value is -2.14. The van der Waals surface area contributed by atoms with Crippen molar-refractivity contribution in [2.24, 2.45) is 0 Å². The van der Waals surface area contributed by atoms with E-state index in [-0.39, 0.29) is 0 Å². The number of nitrogens with zero attached hydrogens (tertiary/aromatic N) is 1. The monoisotopic (exact) mass is 219 g/mol. The van der Waals surface area contributed by atoms with Crippen LogP contribution in [0.1, 0.15) is 12.8 Å². The number of carbonyl (C=O) groups is 3. The van der Waals surface area contributed by atoms with Gasteiger partial charge in [-0.15, -0.1) is 0 Å². The molecule has 0 spiro atoms. The van der Waals surface area contributed by atoms with Crippen LogP contribution in [0.25, 0.3) is 0 Å². The van der Waals surface area contributed by atoms with Gasteiger partial charge in [-0.1, -0.05) is 0 Å². The van der Waals surface area contributed by atoms with E-state index < -0.39 is 36.4 Å². The van der Waals surface area contributed by atoms with E-state index in [0.717, 1.165) is 0 Å². The van der Waals surface area contributed by atoms with Crippen LogP contribution in [-0.4, -0.2) is 43.9 Å². The molecule has 0 saturated heterocycles. The third-order valence-corrected chi connectivity index (χ3v) is 1.29. The molecule has 0 atom stereocenters. The zero-order valence-electron chi connectivity index (χ0n) is 7.45. The largest absolute Gasteiger partial charge is 0.481 e.